The van der Waals surface area contributed by atoms with E-state index >= 15 is 0 Å². The van der Waals surface area contributed by atoms with Crippen molar-refractivity contribution in [3.63, 3.8) is 0 Å². The normalized spacial score (nSPS) is 10.1. The summed E-state index contributed by atoms with van der Waals surface area (Å²) in [6.07, 6.45) is 0.926. The molecule has 1 aromatic carbocycles. The highest BCUT2D eigenvalue weighted by molar-refractivity contribution is 5.56. The van der Waals surface area contributed by atoms with Crippen LogP contribution in [0.25, 0.3) is 0 Å². The number of nitrogen functional groups attached to an aromatic ring is 1. The number of anilines is 1. The number of nitrogens with zero attached hydrogens (tertiary/aromatic N) is 2. The molecule has 0 saturated heterocycles. The maximum absolute atomic E-state index is 13.6. The number of aromatic nitrogens is 2. The highest BCUT2D eigenvalue weighted by atomic mass is 19.1. The number of benzene rings is 1. The van der Waals surface area contributed by atoms with Crippen molar-refractivity contribution in [3.8, 4) is 28.9 Å². The fourth-order valence-electron chi connectivity index (χ4n) is 1.66. The fraction of sp³-hybridized carbons (Fsp3) is 0.231. The quantitative estimate of drug-likeness (QED) is 0.902. The Morgan fingerprint density at radius 3 is 2.19 bits per heavy atom. The van der Waals surface area contributed by atoms with Crippen LogP contribution in [0.1, 0.15) is 0 Å². The first-order valence-electron chi connectivity index (χ1n) is 5.85. The number of methoxy groups -OCH3 is 3. The summed E-state index contributed by atoms with van der Waals surface area (Å²) in [5, 5.41) is 0. The van der Waals surface area contributed by atoms with Gasteiger partial charge in [0.15, 0.2) is 11.5 Å². The second-order valence-electron chi connectivity index (χ2n) is 3.84. The van der Waals surface area contributed by atoms with Crippen LogP contribution in [0.5, 0.6) is 28.9 Å². The molecule has 0 radical (unpaired) electrons. The lowest BCUT2D eigenvalue weighted by Crippen LogP contribution is -2.00. The molecule has 8 heteroatoms. The topological polar surface area (TPSA) is 88.7 Å². The van der Waals surface area contributed by atoms with E-state index < -0.39 is 5.82 Å². The van der Waals surface area contributed by atoms with Gasteiger partial charge < -0.3 is 24.7 Å². The Hall–Kier alpha value is -2.77. The minimum absolute atomic E-state index is 0.0983. The minimum atomic E-state index is -0.738. The second-order valence-corrected chi connectivity index (χ2v) is 3.84. The molecule has 2 N–H and O–H groups in total. The van der Waals surface area contributed by atoms with E-state index in [-0.39, 0.29) is 17.6 Å². The van der Waals surface area contributed by atoms with E-state index in [0.29, 0.717) is 17.2 Å². The lowest BCUT2D eigenvalue weighted by Gasteiger charge is -2.14. The number of halogens is 1. The second kappa shape index (κ2) is 6.12. The maximum Gasteiger partial charge on any atom is 0.260 e. The summed E-state index contributed by atoms with van der Waals surface area (Å²) in [6.45, 7) is 0. The van der Waals surface area contributed by atoms with Crippen LogP contribution in [-0.2, 0) is 0 Å². The molecule has 0 fully saturated rings. The zero-order chi connectivity index (χ0) is 15.4. The Morgan fingerprint density at radius 2 is 1.67 bits per heavy atom. The van der Waals surface area contributed by atoms with Gasteiger partial charge in [-0.3, -0.25) is 0 Å². The smallest absolute Gasteiger partial charge is 0.260 e. The molecule has 112 valence electrons. The Balaban J connectivity index is 2.42. The lowest BCUT2D eigenvalue weighted by molar-refractivity contribution is 0.320. The average molecular weight is 295 g/mol. The van der Waals surface area contributed by atoms with Crippen LogP contribution in [0.3, 0.4) is 0 Å². The number of rotatable bonds is 5. The van der Waals surface area contributed by atoms with E-state index in [4.69, 9.17) is 24.7 Å². The molecule has 1 heterocycles. The Kier molecular flexibility index (Phi) is 4.27. The van der Waals surface area contributed by atoms with Gasteiger partial charge in [-0.05, 0) is 0 Å². The van der Waals surface area contributed by atoms with Gasteiger partial charge in [0, 0.05) is 12.1 Å². The summed E-state index contributed by atoms with van der Waals surface area (Å²) < 4.78 is 34.5. The first-order chi connectivity index (χ1) is 10.1. The van der Waals surface area contributed by atoms with Crippen LogP contribution in [0.2, 0.25) is 0 Å². The van der Waals surface area contributed by atoms with E-state index in [2.05, 4.69) is 9.97 Å². The van der Waals surface area contributed by atoms with Gasteiger partial charge in [-0.1, -0.05) is 0 Å². The Morgan fingerprint density at radius 1 is 1.05 bits per heavy atom. The summed E-state index contributed by atoms with van der Waals surface area (Å²) in [7, 11) is 4.40. The SMILES string of the molecule is COc1cc(Oc2nc(N)ncc2F)cc(OC)c1OC. The fourth-order valence-corrected chi connectivity index (χ4v) is 1.66. The predicted molar refractivity (Wildman–Crippen MR) is 72.6 cm³/mol. The monoisotopic (exact) mass is 295 g/mol. The van der Waals surface area contributed by atoms with Gasteiger partial charge in [-0.15, -0.1) is 0 Å². The molecule has 0 unspecified atom stereocenters. The van der Waals surface area contributed by atoms with Crippen LogP contribution in [0.4, 0.5) is 10.3 Å². The molecule has 0 spiro atoms. The van der Waals surface area contributed by atoms with Gasteiger partial charge in [-0.2, -0.15) is 9.37 Å². The van der Waals surface area contributed by atoms with Gasteiger partial charge in [0.25, 0.3) is 5.88 Å². The molecule has 0 aliphatic rings. The van der Waals surface area contributed by atoms with Gasteiger partial charge in [-0.25, -0.2) is 4.98 Å². The van der Waals surface area contributed by atoms with Crippen LogP contribution in [-0.4, -0.2) is 31.3 Å². The van der Waals surface area contributed by atoms with Crippen LogP contribution < -0.4 is 24.7 Å². The molecule has 2 aromatic rings. The molecular weight excluding hydrogens is 281 g/mol. The third-order valence-electron chi connectivity index (χ3n) is 2.58. The molecule has 7 nitrogen and oxygen atoms in total. The zero-order valence-corrected chi connectivity index (χ0v) is 11.7. The minimum Gasteiger partial charge on any atom is -0.493 e. The van der Waals surface area contributed by atoms with Crippen LogP contribution >= 0.6 is 0 Å². The molecule has 2 rings (SSSR count). The molecule has 21 heavy (non-hydrogen) atoms. The van der Waals surface area contributed by atoms with E-state index in [1.165, 1.54) is 33.5 Å². The Bertz CT molecular complexity index is 626. The van der Waals surface area contributed by atoms with Crippen molar-refractivity contribution in [3.05, 3.63) is 24.1 Å². The van der Waals surface area contributed by atoms with Crippen molar-refractivity contribution < 1.29 is 23.3 Å². The third kappa shape index (κ3) is 3.04. The van der Waals surface area contributed by atoms with Crippen molar-refractivity contribution in [2.75, 3.05) is 27.1 Å². The molecule has 1 aromatic heterocycles. The summed E-state index contributed by atoms with van der Waals surface area (Å²) in [5.74, 6) is 0.258. The first kappa shape index (κ1) is 14.6. The summed E-state index contributed by atoms with van der Waals surface area (Å²) >= 11 is 0. The summed E-state index contributed by atoms with van der Waals surface area (Å²) in [6, 6.07) is 3.03. The van der Waals surface area contributed by atoms with Gasteiger partial charge in [0.05, 0.1) is 27.5 Å². The van der Waals surface area contributed by atoms with E-state index in [1.54, 1.807) is 0 Å². The van der Waals surface area contributed by atoms with Crippen molar-refractivity contribution in [1.82, 2.24) is 9.97 Å². The zero-order valence-electron chi connectivity index (χ0n) is 11.7. The molecule has 0 aliphatic heterocycles. The maximum atomic E-state index is 13.6. The van der Waals surface area contributed by atoms with E-state index in [0.717, 1.165) is 6.20 Å². The van der Waals surface area contributed by atoms with E-state index in [9.17, 15) is 4.39 Å². The van der Waals surface area contributed by atoms with Gasteiger partial charge >= 0.3 is 0 Å². The molecule has 0 saturated carbocycles. The summed E-state index contributed by atoms with van der Waals surface area (Å²) in [5.41, 5.74) is 5.40. The Labute approximate surface area is 120 Å². The number of nitrogens with two attached hydrogens (primary N) is 1. The molecule has 0 aliphatic carbocycles. The van der Waals surface area contributed by atoms with Crippen molar-refractivity contribution in [2.45, 2.75) is 0 Å². The highest BCUT2D eigenvalue weighted by Gasteiger charge is 2.16. The number of hydrogen-bond donors (Lipinski definition) is 1. The predicted octanol–water partition coefficient (Wildman–Crippen LogP) is 2.02. The van der Waals surface area contributed by atoms with Crippen LogP contribution in [0.15, 0.2) is 18.3 Å². The molecule has 0 bridgehead atoms. The van der Waals surface area contributed by atoms with Crippen LogP contribution in [0, 0.1) is 5.82 Å². The molecule has 0 amide bonds. The highest BCUT2D eigenvalue weighted by Crippen LogP contribution is 2.41. The van der Waals surface area contributed by atoms with Gasteiger partial charge in [0.2, 0.25) is 17.5 Å². The summed E-state index contributed by atoms with van der Waals surface area (Å²) in [4.78, 5) is 7.20. The molecule has 0 atom stereocenters. The number of ether oxygens (including phenoxy) is 4. The largest absolute Gasteiger partial charge is 0.493 e. The number of hydrogen-bond acceptors (Lipinski definition) is 7. The lowest BCUT2D eigenvalue weighted by atomic mass is 10.2. The van der Waals surface area contributed by atoms with Crippen molar-refractivity contribution >= 4 is 5.95 Å². The average Bonchev–Trinajstić information content (AvgIpc) is 2.49. The van der Waals surface area contributed by atoms with Gasteiger partial charge in [0.1, 0.15) is 5.75 Å². The van der Waals surface area contributed by atoms with Crippen molar-refractivity contribution in [2.24, 2.45) is 0 Å². The first-order valence-corrected chi connectivity index (χ1v) is 5.85. The third-order valence-corrected chi connectivity index (χ3v) is 2.58. The van der Waals surface area contributed by atoms with E-state index in [1.807, 2.05) is 0 Å². The standard InChI is InChI=1S/C13H14FN3O4/c1-18-9-4-7(5-10(19-2)11(9)20-3)21-12-8(14)6-16-13(15)17-12/h4-6H,1-3H3,(H2,15,16,17). The van der Waals surface area contributed by atoms with Crippen molar-refractivity contribution in [1.29, 1.82) is 0 Å². The molecular formula is C13H14FN3O4.